The van der Waals surface area contributed by atoms with E-state index in [1.165, 1.54) is 25.8 Å². The van der Waals surface area contributed by atoms with Crippen molar-refractivity contribution in [3.63, 3.8) is 0 Å². The van der Waals surface area contributed by atoms with Gasteiger partial charge in [-0.1, -0.05) is 13.8 Å². The van der Waals surface area contributed by atoms with Gasteiger partial charge in [0.05, 0.1) is 6.10 Å². The van der Waals surface area contributed by atoms with Crippen LogP contribution in [0.25, 0.3) is 0 Å². The van der Waals surface area contributed by atoms with Gasteiger partial charge in [0.2, 0.25) is 0 Å². The lowest BCUT2D eigenvalue weighted by Gasteiger charge is -2.43. The maximum Gasteiger partial charge on any atom is 0.0647 e. The first-order valence-electron chi connectivity index (χ1n) is 6.11. The molecule has 2 saturated carbocycles. The highest BCUT2D eigenvalue weighted by atomic mass is 16.5. The number of methoxy groups -OCH3 is 1. The lowest BCUT2D eigenvalue weighted by Crippen LogP contribution is -2.47. The molecule has 15 heavy (non-hydrogen) atoms. The van der Waals surface area contributed by atoms with Crippen LogP contribution in [0.1, 0.15) is 33.1 Å². The van der Waals surface area contributed by atoms with Gasteiger partial charge in [0.15, 0.2) is 0 Å². The van der Waals surface area contributed by atoms with Gasteiger partial charge >= 0.3 is 0 Å². The summed E-state index contributed by atoms with van der Waals surface area (Å²) < 4.78 is 5.76. The van der Waals surface area contributed by atoms with Gasteiger partial charge in [0, 0.05) is 19.1 Å². The van der Waals surface area contributed by atoms with Crippen molar-refractivity contribution in [2.24, 2.45) is 16.7 Å². The summed E-state index contributed by atoms with van der Waals surface area (Å²) in [6.07, 6.45) is 4.51. The summed E-state index contributed by atoms with van der Waals surface area (Å²) in [5.74, 6) is 0.877. The Morgan fingerprint density at radius 1 is 1.33 bits per heavy atom. The first-order chi connectivity index (χ1) is 6.94. The second-order valence-electron chi connectivity index (χ2n) is 6.31. The predicted molar refractivity (Wildman–Crippen MR) is 62.9 cm³/mol. The molecule has 2 nitrogen and oxygen atoms in total. The zero-order valence-corrected chi connectivity index (χ0v) is 10.8. The van der Waals surface area contributed by atoms with Crippen LogP contribution in [0.2, 0.25) is 0 Å². The van der Waals surface area contributed by atoms with Crippen molar-refractivity contribution in [1.82, 2.24) is 4.90 Å². The van der Waals surface area contributed by atoms with Crippen LogP contribution in [-0.4, -0.2) is 38.8 Å². The summed E-state index contributed by atoms with van der Waals surface area (Å²) in [4.78, 5) is 2.33. The minimum atomic E-state index is 0.399. The molecule has 0 spiro atoms. The topological polar surface area (TPSA) is 12.5 Å². The smallest absolute Gasteiger partial charge is 0.0647 e. The van der Waals surface area contributed by atoms with E-state index in [2.05, 4.69) is 32.8 Å². The molecule has 0 aromatic heterocycles. The van der Waals surface area contributed by atoms with Crippen LogP contribution in [0.5, 0.6) is 0 Å². The fraction of sp³-hybridized carbons (Fsp3) is 1.00. The summed E-state index contributed by atoms with van der Waals surface area (Å²) in [5, 5.41) is 0. The van der Waals surface area contributed by atoms with Crippen LogP contribution in [0, 0.1) is 16.7 Å². The number of hydrogen-bond donors (Lipinski definition) is 0. The number of ether oxygens (including phenoxy) is 1. The zero-order chi connectivity index (χ0) is 11.3. The molecule has 3 atom stereocenters. The van der Waals surface area contributed by atoms with Crippen LogP contribution < -0.4 is 0 Å². The molecule has 0 N–H and O–H groups in total. The Kier molecular flexibility index (Phi) is 2.63. The fourth-order valence-electron chi connectivity index (χ4n) is 4.26. The Balaban J connectivity index is 2.30. The Morgan fingerprint density at radius 3 is 2.47 bits per heavy atom. The van der Waals surface area contributed by atoms with E-state index >= 15 is 0 Å². The van der Waals surface area contributed by atoms with Gasteiger partial charge in [0.25, 0.3) is 0 Å². The standard InChI is InChI=1S/C13H25NO/c1-12(2)10-6-7-13(12,9-14(3)4)11(8-10)15-5/h10-11H,6-9H2,1-5H3/t10-,11+,13-/m1/s1. The summed E-state index contributed by atoms with van der Waals surface area (Å²) in [6.45, 7) is 6.08. The third kappa shape index (κ3) is 1.38. The molecule has 2 heteroatoms. The average Bonchev–Trinajstić information content (AvgIpc) is 2.49. The van der Waals surface area contributed by atoms with Gasteiger partial charge in [-0.15, -0.1) is 0 Å². The average molecular weight is 211 g/mol. The molecule has 0 heterocycles. The highest BCUT2D eigenvalue weighted by molar-refractivity contribution is 5.13. The zero-order valence-electron chi connectivity index (χ0n) is 10.8. The molecule has 0 aromatic rings. The number of nitrogens with zero attached hydrogens (tertiary/aromatic N) is 1. The number of rotatable bonds is 3. The molecular formula is C13H25NO. The fourth-order valence-corrected chi connectivity index (χ4v) is 4.26. The molecule has 0 amide bonds. The Bertz CT molecular complexity index is 249. The minimum Gasteiger partial charge on any atom is -0.381 e. The quantitative estimate of drug-likeness (QED) is 0.710. The highest BCUT2D eigenvalue weighted by Gasteiger charge is 2.64. The van der Waals surface area contributed by atoms with Crippen molar-refractivity contribution < 1.29 is 4.74 Å². The summed E-state index contributed by atoms with van der Waals surface area (Å²) >= 11 is 0. The summed E-state index contributed by atoms with van der Waals surface area (Å²) in [7, 11) is 6.26. The van der Waals surface area contributed by atoms with Crippen LogP contribution in [0.15, 0.2) is 0 Å². The van der Waals surface area contributed by atoms with Gasteiger partial charge < -0.3 is 9.64 Å². The van der Waals surface area contributed by atoms with Crippen molar-refractivity contribution in [3.8, 4) is 0 Å². The van der Waals surface area contributed by atoms with E-state index in [0.29, 0.717) is 16.9 Å². The second-order valence-corrected chi connectivity index (χ2v) is 6.31. The molecule has 0 unspecified atom stereocenters. The van der Waals surface area contributed by atoms with Crippen molar-refractivity contribution in [1.29, 1.82) is 0 Å². The molecule has 0 aromatic carbocycles. The number of fused-ring (bicyclic) bond motifs is 2. The van der Waals surface area contributed by atoms with Gasteiger partial charge in [-0.2, -0.15) is 0 Å². The molecular weight excluding hydrogens is 186 g/mol. The third-order valence-electron chi connectivity index (χ3n) is 5.24. The normalized spacial score (nSPS) is 42.8. The van der Waals surface area contributed by atoms with Crippen molar-refractivity contribution in [3.05, 3.63) is 0 Å². The predicted octanol–water partition coefficient (Wildman–Crippen LogP) is 2.39. The summed E-state index contributed by atoms with van der Waals surface area (Å²) in [5.41, 5.74) is 0.855. The molecule has 0 saturated heterocycles. The van der Waals surface area contributed by atoms with E-state index < -0.39 is 0 Å². The second kappa shape index (κ2) is 3.46. The molecule has 2 bridgehead atoms. The first-order valence-corrected chi connectivity index (χ1v) is 6.11. The van der Waals surface area contributed by atoms with E-state index in [9.17, 15) is 0 Å². The van der Waals surface area contributed by atoms with Gasteiger partial charge in [-0.3, -0.25) is 0 Å². The van der Waals surface area contributed by atoms with E-state index in [-0.39, 0.29) is 0 Å². The molecule has 0 aliphatic heterocycles. The third-order valence-corrected chi connectivity index (χ3v) is 5.24. The monoisotopic (exact) mass is 211 g/mol. The minimum absolute atomic E-state index is 0.399. The van der Waals surface area contributed by atoms with Gasteiger partial charge in [0.1, 0.15) is 0 Å². The first kappa shape index (κ1) is 11.4. The van der Waals surface area contributed by atoms with Crippen LogP contribution in [0.4, 0.5) is 0 Å². The molecule has 88 valence electrons. The van der Waals surface area contributed by atoms with Crippen LogP contribution >= 0.6 is 0 Å². The number of hydrogen-bond acceptors (Lipinski definition) is 2. The van der Waals surface area contributed by atoms with Crippen LogP contribution in [-0.2, 0) is 4.74 Å². The lowest BCUT2D eigenvalue weighted by atomic mass is 9.68. The maximum absolute atomic E-state index is 5.76. The Hall–Kier alpha value is -0.0800. The Labute approximate surface area is 94.0 Å². The van der Waals surface area contributed by atoms with Crippen LogP contribution in [0.3, 0.4) is 0 Å². The van der Waals surface area contributed by atoms with E-state index in [1.54, 1.807) is 0 Å². The van der Waals surface area contributed by atoms with E-state index in [4.69, 9.17) is 4.74 Å². The van der Waals surface area contributed by atoms with Gasteiger partial charge in [-0.05, 0) is 44.7 Å². The summed E-state index contributed by atoms with van der Waals surface area (Å²) in [6, 6.07) is 0. The molecule has 2 rings (SSSR count). The largest absolute Gasteiger partial charge is 0.381 e. The van der Waals surface area contributed by atoms with E-state index in [0.717, 1.165) is 5.92 Å². The van der Waals surface area contributed by atoms with Crippen molar-refractivity contribution in [2.75, 3.05) is 27.7 Å². The molecule has 2 aliphatic carbocycles. The van der Waals surface area contributed by atoms with Gasteiger partial charge in [-0.25, -0.2) is 0 Å². The molecule has 2 aliphatic rings. The lowest BCUT2D eigenvalue weighted by molar-refractivity contribution is -0.0464. The van der Waals surface area contributed by atoms with E-state index in [1.807, 2.05) is 7.11 Å². The highest BCUT2D eigenvalue weighted by Crippen LogP contribution is 2.66. The Morgan fingerprint density at radius 2 is 2.00 bits per heavy atom. The van der Waals surface area contributed by atoms with Crippen molar-refractivity contribution in [2.45, 2.75) is 39.2 Å². The molecule has 0 radical (unpaired) electrons. The maximum atomic E-state index is 5.76. The van der Waals surface area contributed by atoms with Crippen molar-refractivity contribution >= 4 is 0 Å². The molecule has 2 fully saturated rings. The SMILES string of the molecule is CO[C@H]1C[C@H]2CC[C@]1(CN(C)C)C2(C)C.